The molecule has 2 aromatic rings. The minimum atomic E-state index is -1.44. The number of hydrogen-bond acceptors (Lipinski definition) is 12. The maximum absolute atomic E-state index is 14.0. The minimum absolute atomic E-state index is 0.0128. The number of carbonyl (C=O) groups is 2. The monoisotopic (exact) mass is 821 g/mol. The number of unbranched alkanes of at least 4 members (excludes halogenated alkanes) is 2. The van der Waals surface area contributed by atoms with Crippen LogP contribution in [0.1, 0.15) is 84.1 Å². The van der Waals surface area contributed by atoms with E-state index >= 15 is 0 Å². The van der Waals surface area contributed by atoms with Gasteiger partial charge in [-0.2, -0.15) is 0 Å². The second-order valence-corrected chi connectivity index (χ2v) is 16.5. The summed E-state index contributed by atoms with van der Waals surface area (Å²) in [6, 6.07) is 9.62. The summed E-state index contributed by atoms with van der Waals surface area (Å²) in [7, 11) is 4.75. The van der Waals surface area contributed by atoms with Crippen LogP contribution in [0.15, 0.2) is 65.9 Å². The van der Waals surface area contributed by atoms with Crippen LogP contribution in [0.2, 0.25) is 0 Å². The average molecular weight is 822 g/mol. The lowest BCUT2D eigenvalue weighted by molar-refractivity contribution is -0.253. The predicted molar refractivity (Wildman–Crippen MR) is 224 cm³/mol. The Balaban J connectivity index is 1.67. The van der Waals surface area contributed by atoms with Crippen LogP contribution in [0.4, 0.5) is 15.3 Å². The Kier molecular flexibility index (Phi) is 15.7. The fourth-order valence-electron chi connectivity index (χ4n) is 8.59. The van der Waals surface area contributed by atoms with Crippen molar-refractivity contribution in [3.05, 3.63) is 66.3 Å². The SMILES string of the molecule is C=CCO[C@@]12Oc3ccc(OC(=O)Nc4ccc(OC)cc4OC)cc3[C@H]3[C@H](CCCCO)[C@@H](CCCCO)C=C(C(=NOCC)C[C@@H]1N(C)C(=O)OCC(C)(C)C)[C@H]32. The lowest BCUT2D eigenvalue weighted by atomic mass is 9.55. The number of amides is 2. The number of aliphatic hydroxyl groups is 2. The highest BCUT2D eigenvalue weighted by atomic mass is 16.7. The van der Waals surface area contributed by atoms with Gasteiger partial charge in [0.25, 0.3) is 0 Å². The van der Waals surface area contributed by atoms with E-state index < -0.39 is 29.9 Å². The zero-order valence-electron chi connectivity index (χ0n) is 35.7. The molecule has 2 aliphatic carbocycles. The predicted octanol–water partition coefficient (Wildman–Crippen LogP) is 8.08. The number of aliphatic hydroxyl groups excluding tert-OH is 2. The second kappa shape index (κ2) is 20.5. The van der Waals surface area contributed by atoms with Crippen LogP contribution in [-0.2, 0) is 14.3 Å². The van der Waals surface area contributed by atoms with E-state index in [-0.39, 0.29) is 61.8 Å². The number of rotatable bonds is 19. The number of fused-ring (bicyclic) bond motifs is 2. The van der Waals surface area contributed by atoms with Gasteiger partial charge in [-0.1, -0.05) is 50.9 Å². The van der Waals surface area contributed by atoms with Gasteiger partial charge in [0.1, 0.15) is 35.6 Å². The summed E-state index contributed by atoms with van der Waals surface area (Å²) in [4.78, 5) is 34.7. The number of anilines is 1. The molecule has 0 unspecified atom stereocenters. The summed E-state index contributed by atoms with van der Waals surface area (Å²) in [6.45, 7) is 12.6. The lowest BCUT2D eigenvalue weighted by Gasteiger charge is -2.59. The zero-order valence-corrected chi connectivity index (χ0v) is 35.7. The van der Waals surface area contributed by atoms with Crippen LogP contribution in [0.3, 0.4) is 0 Å². The molecule has 324 valence electrons. The molecule has 0 aromatic heterocycles. The Morgan fingerprint density at radius 3 is 2.42 bits per heavy atom. The van der Waals surface area contributed by atoms with Gasteiger partial charge in [-0.15, -0.1) is 6.58 Å². The summed E-state index contributed by atoms with van der Waals surface area (Å²) < 4.78 is 36.6. The molecule has 1 aliphatic heterocycles. The quantitative estimate of drug-likeness (QED) is 0.0712. The first-order valence-electron chi connectivity index (χ1n) is 20.6. The van der Waals surface area contributed by atoms with Gasteiger partial charge >= 0.3 is 12.2 Å². The molecular formula is C45H63N3O11. The van der Waals surface area contributed by atoms with Gasteiger partial charge < -0.3 is 48.4 Å². The molecule has 59 heavy (non-hydrogen) atoms. The van der Waals surface area contributed by atoms with E-state index in [2.05, 4.69) is 23.1 Å². The summed E-state index contributed by atoms with van der Waals surface area (Å²) in [5, 5.41) is 27.1. The maximum atomic E-state index is 14.0. The normalized spacial score (nSPS) is 23.8. The molecule has 0 radical (unpaired) electrons. The average Bonchev–Trinajstić information content (AvgIpc) is 3.22. The van der Waals surface area contributed by atoms with Gasteiger partial charge in [-0.25, -0.2) is 9.59 Å². The Labute approximate surface area is 348 Å². The summed E-state index contributed by atoms with van der Waals surface area (Å²) >= 11 is 0. The number of carbonyl (C=O) groups excluding carboxylic acids is 2. The van der Waals surface area contributed by atoms with Gasteiger partial charge in [-0.3, -0.25) is 5.32 Å². The highest BCUT2D eigenvalue weighted by molar-refractivity contribution is 6.03. The number of likely N-dealkylation sites (N-methyl/N-ethyl adjacent to an activating group) is 1. The largest absolute Gasteiger partial charge is 0.497 e. The van der Waals surface area contributed by atoms with Crippen molar-refractivity contribution in [3.63, 3.8) is 0 Å². The summed E-state index contributed by atoms with van der Waals surface area (Å²) in [5.74, 6) is -0.455. The first-order chi connectivity index (χ1) is 28.3. The Morgan fingerprint density at radius 1 is 1.03 bits per heavy atom. The Bertz CT molecular complexity index is 1820. The molecule has 14 heteroatoms. The number of allylic oxidation sites excluding steroid dienone is 1. The first kappa shape index (κ1) is 45.3. The molecule has 1 heterocycles. The molecule has 2 amide bonds. The number of benzene rings is 2. The topological polar surface area (TPSA) is 167 Å². The number of oxime groups is 1. The standard InChI is InChI=1S/C45H63N3O11/c1-9-23-56-45-39(48(6)43(52)55-28-44(3,4)5)27-36(47-57-10-2)33-24-29(15-11-13-21-49)32(16-12-14-22-50)40(41(33)45)34-25-31(18-20-37(34)59-45)58-42(51)46-35-19-17-30(53-7)26-38(35)54-8/h9,17-20,24-26,29,32,39-41,49-50H,1,10-16,21-23,27-28H2,2-8H3,(H,46,51)/t29-,32+,39-,40+,41+,45+/m0/s1. The molecule has 0 spiro atoms. The van der Waals surface area contributed by atoms with E-state index in [0.29, 0.717) is 48.1 Å². The van der Waals surface area contributed by atoms with Crippen LogP contribution in [0.5, 0.6) is 23.0 Å². The molecule has 5 rings (SSSR count). The third-order valence-corrected chi connectivity index (χ3v) is 11.2. The number of methoxy groups -OCH3 is 2. The Hall–Kier alpha value is -4.79. The van der Waals surface area contributed by atoms with Crippen molar-refractivity contribution in [3.8, 4) is 23.0 Å². The van der Waals surface area contributed by atoms with Gasteiger partial charge in [-0.05, 0) is 85.8 Å². The van der Waals surface area contributed by atoms with Gasteiger partial charge in [0.15, 0.2) is 0 Å². The lowest BCUT2D eigenvalue weighted by Crippen LogP contribution is -2.69. The zero-order chi connectivity index (χ0) is 42.7. The van der Waals surface area contributed by atoms with Crippen LogP contribution in [0.25, 0.3) is 0 Å². The molecule has 3 N–H and O–H groups in total. The van der Waals surface area contributed by atoms with Crippen molar-refractivity contribution in [1.29, 1.82) is 0 Å². The van der Waals surface area contributed by atoms with Crippen LogP contribution >= 0.6 is 0 Å². The molecule has 3 aliphatic rings. The van der Waals surface area contributed by atoms with Crippen LogP contribution in [0, 0.1) is 23.2 Å². The third kappa shape index (κ3) is 10.5. The van der Waals surface area contributed by atoms with E-state index in [1.165, 1.54) is 7.11 Å². The van der Waals surface area contributed by atoms with Gasteiger partial charge in [0.05, 0.1) is 44.8 Å². The summed E-state index contributed by atoms with van der Waals surface area (Å²) in [6.07, 6.45) is 7.29. The van der Waals surface area contributed by atoms with Crippen molar-refractivity contribution < 1.29 is 53.1 Å². The van der Waals surface area contributed by atoms with E-state index in [0.717, 1.165) is 36.8 Å². The Morgan fingerprint density at radius 2 is 1.76 bits per heavy atom. The minimum Gasteiger partial charge on any atom is -0.497 e. The number of nitrogens with one attached hydrogen (secondary N) is 1. The fourth-order valence-corrected chi connectivity index (χ4v) is 8.59. The van der Waals surface area contributed by atoms with E-state index in [4.69, 9.17) is 33.3 Å². The van der Waals surface area contributed by atoms with Crippen LogP contribution < -0.4 is 24.3 Å². The van der Waals surface area contributed by atoms with Gasteiger partial charge in [0, 0.05) is 44.2 Å². The highest BCUT2D eigenvalue weighted by Crippen LogP contribution is 2.62. The molecule has 14 nitrogen and oxygen atoms in total. The van der Waals surface area contributed by atoms with Crippen molar-refractivity contribution in [1.82, 2.24) is 4.90 Å². The number of hydrogen-bond donors (Lipinski definition) is 3. The van der Waals surface area contributed by atoms with E-state index in [9.17, 15) is 19.8 Å². The van der Waals surface area contributed by atoms with E-state index in [1.54, 1.807) is 55.5 Å². The molecule has 1 fully saturated rings. The van der Waals surface area contributed by atoms with Crippen LogP contribution in [-0.4, -0.2) is 99.1 Å². The smallest absolute Gasteiger partial charge is 0.417 e. The second-order valence-electron chi connectivity index (χ2n) is 16.5. The highest BCUT2D eigenvalue weighted by Gasteiger charge is 2.65. The third-order valence-electron chi connectivity index (χ3n) is 11.2. The molecule has 1 saturated carbocycles. The van der Waals surface area contributed by atoms with Crippen molar-refractivity contribution >= 4 is 23.6 Å². The maximum Gasteiger partial charge on any atom is 0.417 e. The molecule has 2 aromatic carbocycles. The number of nitrogens with zero attached hydrogens (tertiary/aromatic N) is 2. The van der Waals surface area contributed by atoms with Gasteiger partial charge in [0.2, 0.25) is 5.79 Å². The first-order valence-corrected chi connectivity index (χ1v) is 20.6. The molecule has 6 atom stereocenters. The number of ether oxygens (including phenoxy) is 6. The van der Waals surface area contributed by atoms with Crippen molar-refractivity contribution in [2.45, 2.75) is 90.4 Å². The molecular weight excluding hydrogens is 759 g/mol. The summed E-state index contributed by atoms with van der Waals surface area (Å²) in [5.41, 5.74) is 2.51. The molecule has 0 saturated heterocycles. The fraction of sp³-hybridized carbons (Fsp3) is 0.578. The van der Waals surface area contributed by atoms with Crippen molar-refractivity contribution in [2.75, 3.05) is 59.6 Å². The van der Waals surface area contributed by atoms with Crippen molar-refractivity contribution in [2.24, 2.45) is 28.3 Å². The molecule has 0 bridgehead atoms. The van der Waals surface area contributed by atoms with E-state index in [1.807, 2.05) is 33.8 Å².